The molecule has 0 amide bonds. The lowest BCUT2D eigenvalue weighted by atomic mass is 10.1. The molecule has 2 heterocycles. The van der Waals surface area contributed by atoms with Crippen molar-refractivity contribution in [1.82, 2.24) is 9.55 Å². The summed E-state index contributed by atoms with van der Waals surface area (Å²) in [6, 6.07) is 16.4. The number of anilines is 1. The number of aliphatic imine (C=N–C) groups is 1. The van der Waals surface area contributed by atoms with Gasteiger partial charge in [-0.3, -0.25) is 9.88 Å². The van der Waals surface area contributed by atoms with Gasteiger partial charge in [-0.2, -0.15) is 0 Å². The number of para-hydroxylation sites is 2. The Kier molecular flexibility index (Phi) is 3.04. The van der Waals surface area contributed by atoms with E-state index in [1.165, 1.54) is 4.90 Å². The maximum atomic E-state index is 5.94. The Balaban J connectivity index is 1.89. The zero-order valence-electron chi connectivity index (χ0n) is 12.0. The smallest absolute Gasteiger partial charge is 0.212 e. The van der Waals surface area contributed by atoms with E-state index < -0.39 is 0 Å². The first-order chi connectivity index (χ1) is 10.8. The zero-order valence-corrected chi connectivity index (χ0v) is 12.8. The van der Waals surface area contributed by atoms with Gasteiger partial charge >= 0.3 is 0 Å². The molecule has 5 nitrogen and oxygen atoms in total. The Morgan fingerprint density at radius 3 is 2.68 bits per heavy atom. The van der Waals surface area contributed by atoms with Crippen LogP contribution in [0.15, 0.2) is 58.4 Å². The first kappa shape index (κ1) is 13.2. The quantitative estimate of drug-likeness (QED) is 0.714. The van der Waals surface area contributed by atoms with E-state index in [9.17, 15) is 0 Å². The molecular weight excluding hydrogens is 294 g/mol. The summed E-state index contributed by atoms with van der Waals surface area (Å²) in [5.41, 5.74) is 9.00. The highest BCUT2D eigenvalue weighted by atomic mass is 32.2. The van der Waals surface area contributed by atoms with Crippen LogP contribution in [0.2, 0.25) is 0 Å². The summed E-state index contributed by atoms with van der Waals surface area (Å²) in [5.74, 6) is 1.12. The molecule has 0 radical (unpaired) electrons. The maximum Gasteiger partial charge on any atom is 0.212 e. The van der Waals surface area contributed by atoms with E-state index in [-0.39, 0.29) is 6.17 Å². The summed E-state index contributed by atoms with van der Waals surface area (Å²) in [5, 5.41) is 3.05. The van der Waals surface area contributed by atoms with Crippen LogP contribution in [0.3, 0.4) is 0 Å². The normalized spacial score (nSPS) is 17.0. The highest BCUT2D eigenvalue weighted by molar-refractivity contribution is 7.98. The lowest BCUT2D eigenvalue weighted by molar-refractivity contribution is 0.625. The summed E-state index contributed by atoms with van der Waals surface area (Å²) in [7, 11) is 0. The number of hydrogen-bond donors (Lipinski definition) is 2. The molecule has 0 bridgehead atoms. The number of imidazole rings is 1. The number of benzene rings is 2. The van der Waals surface area contributed by atoms with Gasteiger partial charge in [0, 0.05) is 4.90 Å². The molecule has 1 aromatic heterocycles. The largest absolute Gasteiger partial charge is 0.370 e. The molecule has 6 heteroatoms. The number of hydrogen-bond acceptors (Lipinski definition) is 5. The summed E-state index contributed by atoms with van der Waals surface area (Å²) in [6.45, 7) is 0. The molecule has 110 valence electrons. The molecule has 0 fully saturated rings. The van der Waals surface area contributed by atoms with Crippen molar-refractivity contribution in [1.29, 1.82) is 0 Å². The number of nitrogens with zero attached hydrogens (tertiary/aromatic N) is 3. The van der Waals surface area contributed by atoms with Crippen molar-refractivity contribution >= 4 is 34.7 Å². The van der Waals surface area contributed by atoms with Crippen LogP contribution >= 0.6 is 11.8 Å². The summed E-state index contributed by atoms with van der Waals surface area (Å²) in [6.07, 6.45) is 1.87. The van der Waals surface area contributed by atoms with Crippen molar-refractivity contribution in [3.8, 4) is 0 Å². The third-order valence-corrected chi connectivity index (χ3v) is 4.50. The molecule has 3 N–H and O–H groups in total. The minimum atomic E-state index is -0.195. The van der Waals surface area contributed by atoms with E-state index in [0.29, 0.717) is 5.96 Å². The van der Waals surface area contributed by atoms with Crippen molar-refractivity contribution in [2.45, 2.75) is 11.1 Å². The van der Waals surface area contributed by atoms with Crippen molar-refractivity contribution in [3.63, 3.8) is 0 Å². The SMILES string of the molecule is CSc1ccc(C2N=C(N)Nc3nc4ccccc4n32)cc1. The minimum absolute atomic E-state index is 0.195. The monoisotopic (exact) mass is 309 g/mol. The Hall–Kier alpha value is -2.47. The molecule has 1 aliphatic rings. The number of nitrogens with two attached hydrogens (primary N) is 1. The predicted molar refractivity (Wildman–Crippen MR) is 91.3 cm³/mol. The highest BCUT2D eigenvalue weighted by Crippen LogP contribution is 2.32. The third-order valence-electron chi connectivity index (χ3n) is 3.76. The molecule has 0 aliphatic carbocycles. The first-order valence-electron chi connectivity index (χ1n) is 6.97. The Morgan fingerprint density at radius 2 is 1.91 bits per heavy atom. The molecule has 1 aliphatic heterocycles. The number of fused-ring (bicyclic) bond motifs is 3. The first-order valence-corrected chi connectivity index (χ1v) is 8.20. The Labute approximate surface area is 132 Å². The molecule has 3 aromatic rings. The van der Waals surface area contributed by atoms with E-state index >= 15 is 0 Å². The summed E-state index contributed by atoms with van der Waals surface area (Å²) in [4.78, 5) is 10.4. The fourth-order valence-corrected chi connectivity index (χ4v) is 3.12. The van der Waals surface area contributed by atoms with Crippen molar-refractivity contribution in [2.24, 2.45) is 10.7 Å². The molecule has 0 saturated heterocycles. The van der Waals surface area contributed by atoms with Crippen LogP contribution in [-0.4, -0.2) is 21.8 Å². The van der Waals surface area contributed by atoms with Crippen molar-refractivity contribution in [2.75, 3.05) is 11.6 Å². The van der Waals surface area contributed by atoms with Crippen LogP contribution in [0.5, 0.6) is 0 Å². The topological polar surface area (TPSA) is 68.2 Å². The molecule has 1 unspecified atom stereocenters. The lowest BCUT2D eigenvalue weighted by Gasteiger charge is -2.23. The van der Waals surface area contributed by atoms with E-state index in [4.69, 9.17) is 5.73 Å². The van der Waals surface area contributed by atoms with Crippen LogP contribution in [0.25, 0.3) is 11.0 Å². The van der Waals surface area contributed by atoms with E-state index in [0.717, 1.165) is 22.5 Å². The average Bonchev–Trinajstić information content (AvgIpc) is 2.92. The van der Waals surface area contributed by atoms with Crippen LogP contribution in [-0.2, 0) is 0 Å². The molecule has 1 atom stereocenters. The van der Waals surface area contributed by atoms with Gasteiger partial charge in [-0.25, -0.2) is 9.98 Å². The Bertz CT molecular complexity index is 866. The van der Waals surface area contributed by atoms with Gasteiger partial charge in [0.15, 0.2) is 12.1 Å². The fourth-order valence-electron chi connectivity index (χ4n) is 2.72. The highest BCUT2D eigenvalue weighted by Gasteiger charge is 2.24. The van der Waals surface area contributed by atoms with E-state index in [1.807, 2.05) is 24.3 Å². The summed E-state index contributed by atoms with van der Waals surface area (Å²) < 4.78 is 2.08. The molecule has 4 rings (SSSR count). The predicted octanol–water partition coefficient (Wildman–Crippen LogP) is 3.05. The standard InChI is InChI=1S/C16H15N5S/c1-22-11-8-6-10(7-9-11)14-19-15(17)20-16-18-12-4-2-3-5-13(12)21(14)16/h2-9,14H,1H3,(H3,17,18,19,20). The average molecular weight is 309 g/mol. The molecule has 0 spiro atoms. The number of guanidine groups is 1. The van der Waals surface area contributed by atoms with Gasteiger partial charge in [-0.15, -0.1) is 11.8 Å². The fraction of sp³-hybridized carbons (Fsp3) is 0.125. The molecule has 2 aromatic carbocycles. The van der Waals surface area contributed by atoms with Crippen LogP contribution in [0, 0.1) is 0 Å². The van der Waals surface area contributed by atoms with Gasteiger partial charge in [0.05, 0.1) is 11.0 Å². The van der Waals surface area contributed by atoms with Gasteiger partial charge in [0.1, 0.15) is 0 Å². The number of thioether (sulfide) groups is 1. The van der Waals surface area contributed by atoms with Gasteiger partial charge in [-0.1, -0.05) is 24.3 Å². The van der Waals surface area contributed by atoms with E-state index in [1.54, 1.807) is 11.8 Å². The second-order valence-electron chi connectivity index (χ2n) is 5.08. The second-order valence-corrected chi connectivity index (χ2v) is 5.96. The Morgan fingerprint density at radius 1 is 1.14 bits per heavy atom. The lowest BCUT2D eigenvalue weighted by Crippen LogP contribution is -2.31. The number of rotatable bonds is 2. The van der Waals surface area contributed by atoms with Crippen molar-refractivity contribution in [3.05, 3.63) is 54.1 Å². The molecule has 0 saturated carbocycles. The molecule has 22 heavy (non-hydrogen) atoms. The van der Waals surface area contributed by atoms with Crippen LogP contribution in [0.4, 0.5) is 5.95 Å². The third kappa shape index (κ3) is 2.03. The van der Waals surface area contributed by atoms with Crippen LogP contribution in [0.1, 0.15) is 11.7 Å². The minimum Gasteiger partial charge on any atom is -0.370 e. The van der Waals surface area contributed by atoms with Crippen molar-refractivity contribution < 1.29 is 0 Å². The van der Waals surface area contributed by atoms with Gasteiger partial charge < -0.3 is 5.73 Å². The zero-order chi connectivity index (χ0) is 15.1. The van der Waals surface area contributed by atoms with Gasteiger partial charge in [0.2, 0.25) is 5.95 Å². The summed E-state index contributed by atoms with van der Waals surface area (Å²) >= 11 is 1.72. The van der Waals surface area contributed by atoms with Crippen LogP contribution < -0.4 is 11.1 Å². The number of nitrogens with one attached hydrogen (secondary N) is 1. The maximum absolute atomic E-state index is 5.94. The molecular formula is C16H15N5S. The second kappa shape index (κ2) is 5.06. The number of aromatic nitrogens is 2. The van der Waals surface area contributed by atoms with Gasteiger partial charge in [0.25, 0.3) is 0 Å². The van der Waals surface area contributed by atoms with E-state index in [2.05, 4.69) is 50.4 Å². The van der Waals surface area contributed by atoms with Gasteiger partial charge in [-0.05, 0) is 36.1 Å².